The molecule has 2 aliphatic heterocycles. The molecule has 0 radical (unpaired) electrons. The smallest absolute Gasteiger partial charge is 0.335 e. The van der Waals surface area contributed by atoms with Gasteiger partial charge in [-0.2, -0.15) is 0 Å². The minimum atomic E-state index is -2.59. The third-order valence-corrected chi connectivity index (χ3v) is 9.04. The second-order valence-corrected chi connectivity index (χ2v) is 11.6. The van der Waals surface area contributed by atoms with Crippen LogP contribution in [0.2, 0.25) is 0 Å². The number of hydrogen-bond acceptors (Lipinski definition) is 4. The molecule has 6 rings (SSSR count). The molecule has 1 atom stereocenters. The maximum absolute atomic E-state index is 14.2. The summed E-state index contributed by atoms with van der Waals surface area (Å²) in [5.74, 6) is -2.72. The van der Waals surface area contributed by atoms with Crippen molar-refractivity contribution in [3.8, 4) is 5.75 Å². The Labute approximate surface area is 221 Å². The SMILES string of the molecule is COc1cc(C)c2[nH]ccc2c1CN1CCC2(C[C@H]1c1ccc(C(=O)O)cc1N1CCCC1)CC(F)(F)C2. The molecule has 3 fully saturated rings. The quantitative estimate of drug-likeness (QED) is 0.384. The predicted molar refractivity (Wildman–Crippen MR) is 143 cm³/mol. The minimum Gasteiger partial charge on any atom is -0.496 e. The van der Waals surface area contributed by atoms with E-state index in [9.17, 15) is 18.7 Å². The highest BCUT2D eigenvalue weighted by Crippen LogP contribution is 2.61. The van der Waals surface area contributed by atoms with Crippen LogP contribution in [-0.2, 0) is 6.54 Å². The number of aromatic amines is 1. The molecule has 1 saturated carbocycles. The lowest BCUT2D eigenvalue weighted by molar-refractivity contribution is -0.186. The van der Waals surface area contributed by atoms with Gasteiger partial charge in [-0.1, -0.05) is 6.07 Å². The fraction of sp³-hybridized carbons (Fsp3) is 0.500. The van der Waals surface area contributed by atoms with Crippen molar-refractivity contribution in [2.45, 2.75) is 64.0 Å². The molecule has 38 heavy (non-hydrogen) atoms. The molecular formula is C30H35F2N3O3. The summed E-state index contributed by atoms with van der Waals surface area (Å²) < 4.78 is 34.2. The number of likely N-dealkylation sites (tertiary alicyclic amines) is 1. The van der Waals surface area contributed by atoms with Crippen LogP contribution in [0.5, 0.6) is 5.75 Å². The number of piperidine rings is 1. The molecule has 0 amide bonds. The van der Waals surface area contributed by atoms with Crippen molar-refractivity contribution >= 4 is 22.6 Å². The highest BCUT2D eigenvalue weighted by molar-refractivity contribution is 5.89. The van der Waals surface area contributed by atoms with Crippen molar-refractivity contribution in [3.05, 3.63) is 58.8 Å². The lowest BCUT2D eigenvalue weighted by Crippen LogP contribution is -2.53. The molecule has 0 unspecified atom stereocenters. The number of ether oxygens (including phenoxy) is 1. The van der Waals surface area contributed by atoms with Gasteiger partial charge in [-0.05, 0) is 80.0 Å². The normalized spacial score (nSPS) is 22.6. The third kappa shape index (κ3) is 4.32. The zero-order chi connectivity index (χ0) is 26.7. The van der Waals surface area contributed by atoms with Gasteiger partial charge in [0.1, 0.15) is 5.75 Å². The van der Waals surface area contributed by atoms with E-state index in [4.69, 9.17) is 4.74 Å². The van der Waals surface area contributed by atoms with Crippen molar-refractivity contribution in [1.29, 1.82) is 0 Å². The molecule has 8 heteroatoms. The highest BCUT2D eigenvalue weighted by Gasteiger charge is 2.58. The molecule has 2 aromatic carbocycles. The van der Waals surface area contributed by atoms with Crippen LogP contribution in [0, 0.1) is 12.3 Å². The number of aromatic nitrogens is 1. The average Bonchev–Trinajstić information content (AvgIpc) is 3.58. The Bertz CT molecular complexity index is 1370. The van der Waals surface area contributed by atoms with Crippen molar-refractivity contribution in [3.63, 3.8) is 0 Å². The summed E-state index contributed by atoms with van der Waals surface area (Å²) in [6.45, 7) is 5.13. The molecule has 3 aromatic rings. The van der Waals surface area contributed by atoms with E-state index in [1.807, 2.05) is 12.3 Å². The molecule has 0 bridgehead atoms. The number of alkyl halides is 2. The average molecular weight is 524 g/mol. The largest absolute Gasteiger partial charge is 0.496 e. The predicted octanol–water partition coefficient (Wildman–Crippen LogP) is 6.54. The molecule has 202 valence electrons. The number of carboxylic acids is 1. The summed E-state index contributed by atoms with van der Waals surface area (Å²) in [6, 6.07) is 9.42. The van der Waals surface area contributed by atoms with E-state index in [1.54, 1.807) is 19.2 Å². The number of nitrogens with one attached hydrogen (secondary N) is 1. The summed E-state index contributed by atoms with van der Waals surface area (Å²) in [7, 11) is 1.69. The van der Waals surface area contributed by atoms with E-state index >= 15 is 0 Å². The number of benzene rings is 2. The number of nitrogens with zero attached hydrogens (tertiary/aromatic N) is 2. The van der Waals surface area contributed by atoms with E-state index in [0.717, 1.165) is 71.4 Å². The van der Waals surface area contributed by atoms with E-state index in [2.05, 4.69) is 33.8 Å². The monoisotopic (exact) mass is 523 g/mol. The molecule has 3 heterocycles. The summed E-state index contributed by atoms with van der Waals surface area (Å²) in [5, 5.41) is 10.8. The molecule has 6 nitrogen and oxygen atoms in total. The maximum Gasteiger partial charge on any atom is 0.335 e. The number of fused-ring (bicyclic) bond motifs is 1. The summed E-state index contributed by atoms with van der Waals surface area (Å²) in [5.41, 5.74) is 5.13. The molecule has 2 N–H and O–H groups in total. The minimum absolute atomic E-state index is 0.0630. The van der Waals surface area contributed by atoms with Gasteiger partial charge < -0.3 is 19.7 Å². The number of anilines is 1. The second kappa shape index (κ2) is 9.26. The van der Waals surface area contributed by atoms with Crippen LogP contribution in [0.4, 0.5) is 14.5 Å². The van der Waals surface area contributed by atoms with E-state index in [1.165, 1.54) is 0 Å². The molecule has 3 aliphatic rings. The summed E-state index contributed by atoms with van der Waals surface area (Å²) in [6.07, 6.45) is 5.31. The third-order valence-electron chi connectivity index (χ3n) is 9.04. The fourth-order valence-electron chi connectivity index (χ4n) is 7.21. The Hall–Kier alpha value is -3.13. The van der Waals surface area contributed by atoms with Crippen molar-refractivity contribution in [1.82, 2.24) is 9.88 Å². The maximum atomic E-state index is 14.2. The van der Waals surface area contributed by atoms with Gasteiger partial charge in [0.05, 0.1) is 12.7 Å². The number of H-pyrrole nitrogens is 1. The van der Waals surface area contributed by atoms with Gasteiger partial charge in [0.25, 0.3) is 0 Å². The standard InChI is InChI=1S/C30H35F2N3O3/c1-19-13-26(38-2)23(21-7-9-33-27(19)21)16-35-12-8-29(17-30(31,32)18-29)15-25(35)22-6-5-20(28(36)37)14-24(22)34-10-3-4-11-34/h5-7,9,13-14,25,33H,3-4,8,10-12,15-18H2,1-2H3,(H,36,37)/t25-/m0/s1. The van der Waals surface area contributed by atoms with Gasteiger partial charge >= 0.3 is 5.97 Å². The Kier molecular flexibility index (Phi) is 6.13. The van der Waals surface area contributed by atoms with Crippen molar-refractivity contribution in [2.75, 3.05) is 31.6 Å². The van der Waals surface area contributed by atoms with Crippen LogP contribution < -0.4 is 9.64 Å². The number of hydrogen-bond donors (Lipinski definition) is 2. The lowest BCUT2D eigenvalue weighted by atomic mass is 9.58. The van der Waals surface area contributed by atoms with Gasteiger partial charge in [0.15, 0.2) is 0 Å². The first-order valence-corrected chi connectivity index (χ1v) is 13.6. The number of carboxylic acid groups (broad SMARTS) is 1. The van der Waals surface area contributed by atoms with Gasteiger partial charge in [0, 0.05) is 66.9 Å². The lowest BCUT2D eigenvalue weighted by Gasteiger charge is -2.55. The number of aryl methyl sites for hydroxylation is 1. The summed E-state index contributed by atoms with van der Waals surface area (Å²) >= 11 is 0. The zero-order valence-electron chi connectivity index (χ0n) is 22.0. The summed E-state index contributed by atoms with van der Waals surface area (Å²) in [4.78, 5) is 19.9. The number of rotatable bonds is 6. The molecule has 1 aliphatic carbocycles. The van der Waals surface area contributed by atoms with Gasteiger partial charge in [-0.25, -0.2) is 13.6 Å². The number of halogens is 2. The molecule has 1 spiro atoms. The van der Waals surface area contributed by atoms with Gasteiger partial charge in [-0.3, -0.25) is 4.90 Å². The molecule has 1 aromatic heterocycles. The van der Waals surface area contributed by atoms with E-state index in [0.29, 0.717) is 19.5 Å². The first kappa shape index (κ1) is 25.2. The molecule has 2 saturated heterocycles. The van der Waals surface area contributed by atoms with Crippen LogP contribution in [-0.4, -0.2) is 53.6 Å². The Morgan fingerprint density at radius 1 is 1.16 bits per heavy atom. The van der Waals surface area contributed by atoms with Gasteiger partial charge in [0.2, 0.25) is 5.92 Å². The Morgan fingerprint density at radius 3 is 2.61 bits per heavy atom. The number of carbonyl (C=O) groups is 1. The van der Waals surface area contributed by atoms with Crippen LogP contribution in [0.3, 0.4) is 0 Å². The Balaban J connectivity index is 1.43. The van der Waals surface area contributed by atoms with Gasteiger partial charge in [-0.15, -0.1) is 0 Å². The van der Waals surface area contributed by atoms with Crippen molar-refractivity contribution < 1.29 is 23.4 Å². The van der Waals surface area contributed by atoms with Crippen LogP contribution >= 0.6 is 0 Å². The highest BCUT2D eigenvalue weighted by atomic mass is 19.3. The Morgan fingerprint density at radius 2 is 1.92 bits per heavy atom. The number of aromatic carboxylic acids is 1. The van der Waals surface area contributed by atoms with Crippen LogP contribution in [0.1, 0.15) is 71.6 Å². The van der Waals surface area contributed by atoms with Crippen LogP contribution in [0.15, 0.2) is 36.5 Å². The molecular weight excluding hydrogens is 488 g/mol. The fourth-order valence-corrected chi connectivity index (χ4v) is 7.21. The number of methoxy groups -OCH3 is 1. The van der Waals surface area contributed by atoms with E-state index in [-0.39, 0.29) is 29.9 Å². The first-order valence-electron chi connectivity index (χ1n) is 13.6. The topological polar surface area (TPSA) is 68.8 Å². The van der Waals surface area contributed by atoms with E-state index < -0.39 is 11.9 Å². The van der Waals surface area contributed by atoms with Crippen LogP contribution in [0.25, 0.3) is 10.9 Å². The van der Waals surface area contributed by atoms with Crippen molar-refractivity contribution in [2.24, 2.45) is 5.41 Å². The first-order chi connectivity index (χ1) is 18.2. The second-order valence-electron chi connectivity index (χ2n) is 11.6. The zero-order valence-corrected chi connectivity index (χ0v) is 22.0.